The van der Waals surface area contributed by atoms with Crippen molar-refractivity contribution in [3.8, 4) is 0 Å². The van der Waals surface area contributed by atoms with Gasteiger partial charge in [-0.15, -0.1) is 11.3 Å². The van der Waals surface area contributed by atoms with E-state index in [1.165, 1.54) is 36.1 Å². The highest BCUT2D eigenvalue weighted by Gasteiger charge is 2.19. The highest BCUT2D eigenvalue weighted by molar-refractivity contribution is 7.14. The number of nitrogens with zero attached hydrogens (tertiary/aromatic N) is 2. The van der Waals surface area contributed by atoms with Gasteiger partial charge in [0.1, 0.15) is 5.82 Å². The Hall–Kier alpha value is -1.62. The molecule has 1 N–H and O–H groups in total. The summed E-state index contributed by atoms with van der Waals surface area (Å²) < 4.78 is 0. The van der Waals surface area contributed by atoms with E-state index < -0.39 is 0 Å². The van der Waals surface area contributed by atoms with Crippen LogP contribution in [0, 0.1) is 0 Å². The summed E-state index contributed by atoms with van der Waals surface area (Å²) in [5.41, 5.74) is 1.40. The van der Waals surface area contributed by atoms with Gasteiger partial charge >= 0.3 is 0 Å². The Morgan fingerprint density at radius 3 is 2.90 bits per heavy atom. The molecule has 21 heavy (non-hydrogen) atoms. The summed E-state index contributed by atoms with van der Waals surface area (Å²) in [6.07, 6.45) is 10.9. The Labute approximate surface area is 129 Å². The molecule has 0 spiro atoms. The van der Waals surface area contributed by atoms with Crippen LogP contribution in [0.3, 0.4) is 0 Å². The quantitative estimate of drug-likeness (QED) is 0.944. The summed E-state index contributed by atoms with van der Waals surface area (Å²) in [6.45, 7) is 0.522. The number of carbonyl (C=O) groups is 1. The zero-order chi connectivity index (χ0) is 14.7. The third kappa shape index (κ3) is 3.35. The van der Waals surface area contributed by atoms with Gasteiger partial charge in [0.05, 0.1) is 11.4 Å². The molecule has 0 radical (unpaired) electrons. The molecule has 0 aliphatic heterocycles. The van der Waals surface area contributed by atoms with E-state index in [9.17, 15) is 4.79 Å². The average molecular weight is 303 g/mol. The molecule has 0 bridgehead atoms. The molecule has 1 aliphatic rings. The fraction of sp³-hybridized carbons (Fsp3) is 0.500. The number of hydrogen-bond donors (Lipinski definition) is 1. The van der Waals surface area contributed by atoms with Crippen molar-refractivity contribution in [1.82, 2.24) is 14.9 Å². The maximum Gasteiger partial charge on any atom is 0.264 e. The van der Waals surface area contributed by atoms with Gasteiger partial charge in [-0.3, -0.25) is 4.79 Å². The molecule has 2 aromatic heterocycles. The SMILES string of the molecule is CN(Cc1ncc[nH]1)C(=O)c1cc2c(s1)CCCCCC2. The number of hydrogen-bond acceptors (Lipinski definition) is 3. The zero-order valence-corrected chi connectivity index (χ0v) is 13.2. The van der Waals surface area contributed by atoms with Crippen LogP contribution in [0.25, 0.3) is 0 Å². The Bertz CT molecular complexity index is 578. The third-order valence-electron chi connectivity index (χ3n) is 4.00. The van der Waals surface area contributed by atoms with Crippen molar-refractivity contribution < 1.29 is 4.79 Å². The van der Waals surface area contributed by atoms with Gasteiger partial charge in [-0.2, -0.15) is 0 Å². The van der Waals surface area contributed by atoms with E-state index >= 15 is 0 Å². The van der Waals surface area contributed by atoms with Gasteiger partial charge in [0.15, 0.2) is 0 Å². The van der Waals surface area contributed by atoms with Gasteiger partial charge in [0.25, 0.3) is 5.91 Å². The van der Waals surface area contributed by atoms with E-state index in [1.807, 2.05) is 7.05 Å². The van der Waals surface area contributed by atoms with Crippen molar-refractivity contribution in [3.63, 3.8) is 0 Å². The second kappa shape index (κ2) is 6.43. The Morgan fingerprint density at radius 2 is 2.14 bits per heavy atom. The lowest BCUT2D eigenvalue weighted by molar-refractivity contribution is 0.0786. The summed E-state index contributed by atoms with van der Waals surface area (Å²) in [5, 5.41) is 0. The topological polar surface area (TPSA) is 49.0 Å². The number of imidazole rings is 1. The summed E-state index contributed by atoms with van der Waals surface area (Å²) >= 11 is 1.69. The second-order valence-electron chi connectivity index (χ2n) is 5.67. The van der Waals surface area contributed by atoms with E-state index in [1.54, 1.807) is 28.6 Å². The smallest absolute Gasteiger partial charge is 0.264 e. The van der Waals surface area contributed by atoms with Gasteiger partial charge in [-0.05, 0) is 37.3 Å². The number of fused-ring (bicyclic) bond motifs is 1. The molecule has 112 valence electrons. The van der Waals surface area contributed by atoms with Crippen LogP contribution >= 0.6 is 11.3 Å². The van der Waals surface area contributed by atoms with E-state index in [0.29, 0.717) is 6.54 Å². The van der Waals surface area contributed by atoms with Gasteiger partial charge in [-0.1, -0.05) is 12.8 Å². The summed E-state index contributed by atoms with van der Waals surface area (Å²) in [7, 11) is 1.84. The Morgan fingerprint density at radius 1 is 1.33 bits per heavy atom. The molecular formula is C16H21N3OS. The Balaban J connectivity index is 1.73. The van der Waals surface area contributed by atoms with E-state index in [0.717, 1.165) is 23.5 Å². The molecule has 0 unspecified atom stereocenters. The molecular weight excluding hydrogens is 282 g/mol. The van der Waals surface area contributed by atoms with Crippen LogP contribution in [-0.4, -0.2) is 27.8 Å². The number of aromatic nitrogens is 2. The number of amides is 1. The monoisotopic (exact) mass is 303 g/mol. The van der Waals surface area contributed by atoms with Crippen molar-refractivity contribution in [2.45, 2.75) is 45.1 Å². The molecule has 3 rings (SSSR count). The first-order valence-corrected chi connectivity index (χ1v) is 8.41. The van der Waals surface area contributed by atoms with E-state index in [4.69, 9.17) is 0 Å². The molecule has 0 saturated carbocycles. The van der Waals surface area contributed by atoms with E-state index in [2.05, 4.69) is 16.0 Å². The van der Waals surface area contributed by atoms with Gasteiger partial charge in [0, 0.05) is 24.3 Å². The highest BCUT2D eigenvalue weighted by Crippen LogP contribution is 2.29. The predicted molar refractivity (Wildman–Crippen MR) is 84.6 cm³/mol. The Kier molecular flexibility index (Phi) is 4.39. The lowest BCUT2D eigenvalue weighted by Gasteiger charge is -2.14. The first-order chi connectivity index (χ1) is 10.2. The maximum absolute atomic E-state index is 12.6. The van der Waals surface area contributed by atoms with Crippen molar-refractivity contribution in [2.75, 3.05) is 7.05 Å². The van der Waals surface area contributed by atoms with E-state index in [-0.39, 0.29) is 5.91 Å². The fourth-order valence-electron chi connectivity index (χ4n) is 2.82. The maximum atomic E-state index is 12.6. The normalized spacial score (nSPS) is 15.1. The van der Waals surface area contributed by atoms with Crippen LogP contribution in [0.15, 0.2) is 18.5 Å². The summed E-state index contributed by atoms with van der Waals surface area (Å²) in [5.74, 6) is 0.920. The fourth-order valence-corrected chi connectivity index (χ4v) is 4.07. The van der Waals surface area contributed by atoms with Gasteiger partial charge < -0.3 is 9.88 Å². The molecule has 5 heteroatoms. The lowest BCUT2D eigenvalue weighted by Crippen LogP contribution is -2.25. The molecule has 0 fully saturated rings. The minimum atomic E-state index is 0.100. The van der Waals surface area contributed by atoms with Crippen molar-refractivity contribution in [1.29, 1.82) is 0 Å². The molecule has 4 nitrogen and oxygen atoms in total. The van der Waals surface area contributed by atoms with Crippen LogP contribution in [0.5, 0.6) is 0 Å². The molecule has 2 heterocycles. The molecule has 1 amide bonds. The second-order valence-corrected chi connectivity index (χ2v) is 6.81. The largest absolute Gasteiger partial charge is 0.347 e. The number of rotatable bonds is 3. The molecule has 0 saturated heterocycles. The van der Waals surface area contributed by atoms with Crippen molar-refractivity contribution in [2.24, 2.45) is 0 Å². The standard InChI is InChI=1S/C16H21N3OS/c1-19(11-15-17-8-9-18-15)16(20)14-10-12-6-4-2-3-5-7-13(12)21-14/h8-10H,2-7,11H2,1H3,(H,17,18). The number of H-pyrrole nitrogens is 1. The predicted octanol–water partition coefficient (Wildman–Crippen LogP) is 3.40. The first-order valence-electron chi connectivity index (χ1n) is 7.59. The van der Waals surface area contributed by atoms with Crippen LogP contribution in [0.2, 0.25) is 0 Å². The van der Waals surface area contributed by atoms with Crippen LogP contribution in [0.4, 0.5) is 0 Å². The zero-order valence-electron chi connectivity index (χ0n) is 12.4. The number of carbonyl (C=O) groups excluding carboxylic acids is 1. The van der Waals surface area contributed by atoms with Crippen molar-refractivity contribution in [3.05, 3.63) is 39.6 Å². The van der Waals surface area contributed by atoms with Gasteiger partial charge in [0.2, 0.25) is 0 Å². The van der Waals surface area contributed by atoms with Crippen LogP contribution in [0.1, 0.15) is 51.6 Å². The first kappa shape index (κ1) is 14.3. The molecule has 2 aromatic rings. The molecule has 0 atom stereocenters. The van der Waals surface area contributed by atoms with Crippen LogP contribution in [-0.2, 0) is 19.4 Å². The highest BCUT2D eigenvalue weighted by atomic mass is 32.1. The van der Waals surface area contributed by atoms with Gasteiger partial charge in [-0.25, -0.2) is 4.98 Å². The van der Waals surface area contributed by atoms with Crippen molar-refractivity contribution >= 4 is 17.2 Å². The average Bonchev–Trinajstić information content (AvgIpc) is 3.08. The molecule has 0 aromatic carbocycles. The minimum Gasteiger partial charge on any atom is -0.347 e. The van der Waals surface area contributed by atoms with Crippen LogP contribution < -0.4 is 0 Å². The lowest BCUT2D eigenvalue weighted by atomic mass is 10.00. The number of aromatic amines is 1. The third-order valence-corrected chi connectivity index (χ3v) is 5.22. The number of aryl methyl sites for hydroxylation is 2. The summed E-state index contributed by atoms with van der Waals surface area (Å²) in [6, 6.07) is 2.12. The summed E-state index contributed by atoms with van der Waals surface area (Å²) in [4.78, 5) is 23.8. The molecule has 1 aliphatic carbocycles. The number of thiophene rings is 1. The minimum absolute atomic E-state index is 0.100. The number of nitrogens with one attached hydrogen (secondary N) is 1.